The highest BCUT2D eigenvalue weighted by Gasteiger charge is 2.21. The standard InChI is InChI=1S/C9H7BrClNO4/c10-4-5-1-2-7(12(15)16)6(9(5)11)3-8(13)14/h1-2H,3-4H2,(H,13,14). The van der Waals surface area contributed by atoms with Crippen LogP contribution in [0.1, 0.15) is 11.1 Å². The van der Waals surface area contributed by atoms with E-state index in [1.807, 2.05) is 0 Å². The van der Waals surface area contributed by atoms with Crippen molar-refractivity contribution >= 4 is 39.2 Å². The minimum Gasteiger partial charge on any atom is -0.481 e. The lowest BCUT2D eigenvalue weighted by molar-refractivity contribution is -0.385. The molecule has 0 atom stereocenters. The van der Waals surface area contributed by atoms with Gasteiger partial charge in [-0.05, 0) is 11.6 Å². The van der Waals surface area contributed by atoms with Crippen LogP contribution in [0.2, 0.25) is 5.02 Å². The van der Waals surface area contributed by atoms with Gasteiger partial charge in [0.25, 0.3) is 5.69 Å². The van der Waals surface area contributed by atoms with E-state index >= 15 is 0 Å². The lowest BCUT2D eigenvalue weighted by Gasteiger charge is -2.06. The van der Waals surface area contributed by atoms with E-state index in [0.29, 0.717) is 10.9 Å². The zero-order valence-corrected chi connectivity index (χ0v) is 10.3. The Kier molecular flexibility index (Phi) is 4.26. The Morgan fingerprint density at radius 2 is 2.19 bits per heavy atom. The number of carboxylic acid groups (broad SMARTS) is 1. The first-order valence-electron chi connectivity index (χ1n) is 4.19. The fraction of sp³-hybridized carbons (Fsp3) is 0.222. The van der Waals surface area contributed by atoms with Gasteiger partial charge in [-0.2, -0.15) is 0 Å². The van der Waals surface area contributed by atoms with Gasteiger partial charge in [0.15, 0.2) is 0 Å². The Labute approximate surface area is 104 Å². The number of benzene rings is 1. The third-order valence-corrected chi connectivity index (χ3v) is 3.04. The van der Waals surface area contributed by atoms with Crippen LogP contribution in [0.25, 0.3) is 0 Å². The molecular formula is C9H7BrClNO4. The molecule has 1 rings (SSSR count). The van der Waals surface area contributed by atoms with Crippen molar-refractivity contribution in [3.05, 3.63) is 38.4 Å². The number of alkyl halides is 1. The topological polar surface area (TPSA) is 80.4 Å². The van der Waals surface area contributed by atoms with Crippen molar-refractivity contribution in [2.45, 2.75) is 11.8 Å². The first kappa shape index (κ1) is 12.9. The van der Waals surface area contributed by atoms with Gasteiger partial charge < -0.3 is 5.11 Å². The largest absolute Gasteiger partial charge is 0.481 e. The molecule has 0 bridgehead atoms. The van der Waals surface area contributed by atoms with Crippen LogP contribution in [0, 0.1) is 10.1 Å². The minimum absolute atomic E-state index is 0.0381. The zero-order valence-electron chi connectivity index (χ0n) is 7.94. The second kappa shape index (κ2) is 5.27. The molecule has 0 radical (unpaired) electrons. The van der Waals surface area contributed by atoms with Crippen molar-refractivity contribution in [1.82, 2.24) is 0 Å². The fourth-order valence-electron chi connectivity index (χ4n) is 1.25. The smallest absolute Gasteiger partial charge is 0.308 e. The Hall–Kier alpha value is -1.14. The molecule has 0 aliphatic heterocycles. The predicted molar refractivity (Wildman–Crippen MR) is 62.1 cm³/mol. The average Bonchev–Trinajstić information content (AvgIpc) is 2.19. The van der Waals surface area contributed by atoms with Gasteiger partial charge in [0.2, 0.25) is 0 Å². The summed E-state index contributed by atoms with van der Waals surface area (Å²) in [4.78, 5) is 20.7. The van der Waals surface area contributed by atoms with Crippen molar-refractivity contribution in [1.29, 1.82) is 0 Å². The molecule has 0 unspecified atom stereocenters. The van der Waals surface area contributed by atoms with E-state index in [1.165, 1.54) is 12.1 Å². The van der Waals surface area contributed by atoms with E-state index < -0.39 is 17.3 Å². The van der Waals surface area contributed by atoms with Crippen molar-refractivity contribution in [2.75, 3.05) is 0 Å². The summed E-state index contributed by atoms with van der Waals surface area (Å²) in [6.07, 6.45) is -0.462. The first-order valence-corrected chi connectivity index (χ1v) is 5.69. The number of rotatable bonds is 4. The molecule has 0 saturated carbocycles. The summed E-state index contributed by atoms with van der Waals surface area (Å²) < 4.78 is 0. The number of halogens is 2. The van der Waals surface area contributed by atoms with Crippen molar-refractivity contribution in [2.24, 2.45) is 0 Å². The summed E-state index contributed by atoms with van der Waals surface area (Å²) >= 11 is 9.07. The van der Waals surface area contributed by atoms with Gasteiger partial charge in [-0.3, -0.25) is 14.9 Å². The van der Waals surface area contributed by atoms with Crippen LogP contribution in [0.4, 0.5) is 5.69 Å². The van der Waals surface area contributed by atoms with Gasteiger partial charge >= 0.3 is 5.97 Å². The maximum Gasteiger partial charge on any atom is 0.308 e. The molecule has 86 valence electrons. The van der Waals surface area contributed by atoms with E-state index in [4.69, 9.17) is 16.7 Å². The van der Waals surface area contributed by atoms with Crippen LogP contribution in [0.5, 0.6) is 0 Å². The first-order chi connectivity index (χ1) is 7.47. The highest BCUT2D eigenvalue weighted by Crippen LogP contribution is 2.31. The van der Waals surface area contributed by atoms with Crippen molar-refractivity contribution < 1.29 is 14.8 Å². The van der Waals surface area contributed by atoms with Crippen LogP contribution in [0.3, 0.4) is 0 Å². The molecular weight excluding hydrogens is 301 g/mol. The Bertz CT molecular complexity index is 449. The van der Waals surface area contributed by atoms with Crippen LogP contribution in [-0.2, 0) is 16.5 Å². The van der Waals surface area contributed by atoms with E-state index in [1.54, 1.807) is 0 Å². The average molecular weight is 309 g/mol. The second-order valence-corrected chi connectivity index (χ2v) is 3.94. The number of aliphatic carboxylic acids is 1. The van der Waals surface area contributed by atoms with Crippen LogP contribution in [0.15, 0.2) is 12.1 Å². The number of nitro benzene ring substituents is 1. The maximum atomic E-state index is 10.7. The molecule has 0 aliphatic carbocycles. The summed E-state index contributed by atoms with van der Waals surface area (Å²) in [5, 5.41) is 19.9. The molecule has 1 N–H and O–H groups in total. The molecule has 1 aromatic carbocycles. The van der Waals surface area contributed by atoms with E-state index in [2.05, 4.69) is 15.9 Å². The third kappa shape index (κ3) is 2.70. The van der Waals surface area contributed by atoms with Gasteiger partial charge in [-0.1, -0.05) is 27.5 Å². The van der Waals surface area contributed by atoms with Crippen molar-refractivity contribution in [3.8, 4) is 0 Å². The fourth-order valence-corrected chi connectivity index (χ4v) is 2.18. The van der Waals surface area contributed by atoms with Gasteiger partial charge in [0.1, 0.15) is 0 Å². The normalized spacial score (nSPS) is 10.1. The Morgan fingerprint density at radius 3 is 2.62 bits per heavy atom. The van der Waals surface area contributed by atoms with Gasteiger partial charge in [-0.15, -0.1) is 0 Å². The molecule has 0 saturated heterocycles. The lowest BCUT2D eigenvalue weighted by atomic mass is 10.1. The molecule has 0 aliphatic rings. The lowest BCUT2D eigenvalue weighted by Crippen LogP contribution is -2.05. The summed E-state index contributed by atoms with van der Waals surface area (Å²) in [6.45, 7) is 0. The Morgan fingerprint density at radius 1 is 1.56 bits per heavy atom. The summed E-state index contributed by atoms with van der Waals surface area (Å²) in [7, 11) is 0. The third-order valence-electron chi connectivity index (χ3n) is 1.97. The highest BCUT2D eigenvalue weighted by atomic mass is 79.9. The summed E-state index contributed by atoms with van der Waals surface area (Å²) in [5.41, 5.74) is 0.400. The molecule has 0 heterocycles. The SMILES string of the molecule is O=C(O)Cc1c([N+](=O)[O-])ccc(CBr)c1Cl. The maximum absolute atomic E-state index is 10.7. The molecule has 5 nitrogen and oxygen atoms in total. The highest BCUT2D eigenvalue weighted by molar-refractivity contribution is 9.08. The van der Waals surface area contributed by atoms with E-state index in [0.717, 1.165) is 0 Å². The second-order valence-electron chi connectivity index (χ2n) is 3.00. The number of nitro groups is 1. The molecule has 16 heavy (non-hydrogen) atoms. The monoisotopic (exact) mass is 307 g/mol. The van der Waals surface area contributed by atoms with Crippen LogP contribution in [-0.4, -0.2) is 16.0 Å². The summed E-state index contributed by atoms with van der Waals surface area (Å²) in [5.74, 6) is -1.16. The molecule has 0 amide bonds. The van der Waals surface area contributed by atoms with Crippen LogP contribution >= 0.6 is 27.5 Å². The summed E-state index contributed by atoms with van der Waals surface area (Å²) in [6, 6.07) is 2.77. The number of hydrogen-bond donors (Lipinski definition) is 1. The molecule has 0 spiro atoms. The zero-order chi connectivity index (χ0) is 12.3. The number of carboxylic acids is 1. The molecule has 0 fully saturated rings. The van der Waals surface area contributed by atoms with Gasteiger partial charge in [0, 0.05) is 11.4 Å². The Balaban J connectivity index is 3.36. The predicted octanol–water partition coefficient (Wildman–Crippen LogP) is 2.77. The molecule has 1 aromatic rings. The molecule has 7 heteroatoms. The quantitative estimate of drug-likeness (QED) is 0.527. The number of hydrogen-bond acceptors (Lipinski definition) is 3. The van der Waals surface area contributed by atoms with E-state index in [-0.39, 0.29) is 16.3 Å². The van der Waals surface area contributed by atoms with E-state index in [9.17, 15) is 14.9 Å². The number of carbonyl (C=O) groups is 1. The molecule has 0 aromatic heterocycles. The van der Waals surface area contributed by atoms with Gasteiger partial charge in [0.05, 0.1) is 21.9 Å². The van der Waals surface area contributed by atoms with Gasteiger partial charge in [-0.25, -0.2) is 0 Å². The van der Waals surface area contributed by atoms with Crippen LogP contribution < -0.4 is 0 Å². The minimum atomic E-state index is -1.16. The van der Waals surface area contributed by atoms with Crippen molar-refractivity contribution in [3.63, 3.8) is 0 Å². The number of nitrogens with zero attached hydrogens (tertiary/aromatic N) is 1.